The second kappa shape index (κ2) is 10.2. The van der Waals surface area contributed by atoms with Crippen LogP contribution in [0, 0.1) is 0 Å². The predicted octanol–water partition coefficient (Wildman–Crippen LogP) is 2.77. The van der Waals surface area contributed by atoms with E-state index in [1.807, 2.05) is 24.3 Å². The number of rotatable bonds is 7. The molecule has 3 aromatic carbocycles. The van der Waals surface area contributed by atoms with E-state index in [9.17, 15) is 4.79 Å². The zero-order chi connectivity index (χ0) is 21.5. The molecule has 3 aromatic rings. The maximum Gasteiger partial charge on any atom is 0.279 e. The van der Waals surface area contributed by atoms with Gasteiger partial charge in [-0.2, -0.15) is 0 Å². The van der Waals surface area contributed by atoms with Gasteiger partial charge in [-0.1, -0.05) is 60.7 Å². The van der Waals surface area contributed by atoms with Crippen LogP contribution in [0.2, 0.25) is 0 Å². The molecule has 0 aromatic heterocycles. The summed E-state index contributed by atoms with van der Waals surface area (Å²) < 4.78 is 5.42. The van der Waals surface area contributed by atoms with Crippen LogP contribution in [-0.4, -0.2) is 45.8 Å². The first-order valence-corrected chi connectivity index (χ1v) is 10.9. The highest BCUT2D eigenvalue weighted by Crippen LogP contribution is 2.20. The van der Waals surface area contributed by atoms with E-state index in [4.69, 9.17) is 4.74 Å². The number of nitrogens with one attached hydrogen (secondary N) is 2. The molecular formula is C26H30N3O2+. The molecule has 0 saturated carbocycles. The predicted molar refractivity (Wildman–Crippen MR) is 125 cm³/mol. The van der Waals surface area contributed by atoms with Gasteiger partial charge in [0.25, 0.3) is 5.91 Å². The number of likely N-dealkylation sites (N-methyl/N-ethyl adjacent to an activating group) is 1. The number of carbonyl (C=O) groups is 1. The fourth-order valence-corrected chi connectivity index (χ4v) is 4.19. The Kier molecular flexibility index (Phi) is 6.97. The number of hydrogen-bond acceptors (Lipinski definition) is 3. The van der Waals surface area contributed by atoms with E-state index in [1.54, 1.807) is 0 Å². The normalized spacial score (nSPS) is 15.0. The first-order valence-electron chi connectivity index (χ1n) is 10.9. The molecule has 1 atom stereocenters. The van der Waals surface area contributed by atoms with Crippen LogP contribution in [0.25, 0.3) is 0 Å². The monoisotopic (exact) mass is 416 g/mol. The van der Waals surface area contributed by atoms with Crippen molar-refractivity contribution in [2.24, 2.45) is 0 Å². The topological polar surface area (TPSA) is 46.0 Å². The summed E-state index contributed by atoms with van der Waals surface area (Å²) in [4.78, 5) is 16.2. The summed E-state index contributed by atoms with van der Waals surface area (Å²) >= 11 is 0. The second-order valence-electron chi connectivity index (χ2n) is 7.97. The molecule has 31 heavy (non-hydrogen) atoms. The van der Waals surface area contributed by atoms with Crippen molar-refractivity contribution < 1.29 is 14.4 Å². The lowest BCUT2D eigenvalue weighted by molar-refractivity contribution is -0.897. The molecule has 1 aliphatic heterocycles. The Morgan fingerprint density at radius 3 is 2.00 bits per heavy atom. The Hall–Kier alpha value is -3.15. The second-order valence-corrected chi connectivity index (χ2v) is 7.97. The summed E-state index contributed by atoms with van der Waals surface area (Å²) in [6, 6.07) is 28.9. The summed E-state index contributed by atoms with van der Waals surface area (Å²) in [6.07, 6.45) is 0. The number of quaternary nitrogens is 1. The third-order valence-electron chi connectivity index (χ3n) is 5.73. The number of hydrogen-bond donors (Lipinski definition) is 2. The van der Waals surface area contributed by atoms with Gasteiger partial charge in [0.2, 0.25) is 0 Å². The fourth-order valence-electron chi connectivity index (χ4n) is 4.19. The van der Waals surface area contributed by atoms with Crippen molar-refractivity contribution in [1.29, 1.82) is 0 Å². The highest BCUT2D eigenvalue weighted by Gasteiger charge is 2.25. The molecule has 1 heterocycles. The molecule has 5 heteroatoms. The maximum atomic E-state index is 12.8. The fraction of sp³-hybridized carbons (Fsp3) is 0.269. The van der Waals surface area contributed by atoms with Crippen molar-refractivity contribution in [1.82, 2.24) is 0 Å². The van der Waals surface area contributed by atoms with E-state index in [0.717, 1.165) is 42.6 Å². The molecule has 2 N–H and O–H groups in total. The largest absolute Gasteiger partial charge is 0.378 e. The van der Waals surface area contributed by atoms with Gasteiger partial charge in [0.1, 0.15) is 6.04 Å². The number of morpholine rings is 1. The zero-order valence-electron chi connectivity index (χ0n) is 18.0. The average molecular weight is 417 g/mol. The van der Waals surface area contributed by atoms with Gasteiger partial charge in [0, 0.05) is 35.6 Å². The molecule has 1 amide bonds. The van der Waals surface area contributed by atoms with E-state index < -0.39 is 0 Å². The Morgan fingerprint density at radius 1 is 0.903 bits per heavy atom. The van der Waals surface area contributed by atoms with Gasteiger partial charge < -0.3 is 19.9 Å². The van der Waals surface area contributed by atoms with Crippen LogP contribution >= 0.6 is 0 Å². The van der Waals surface area contributed by atoms with Gasteiger partial charge in [-0.25, -0.2) is 0 Å². The minimum absolute atomic E-state index is 0.00786. The minimum atomic E-state index is 0.00786. The standard InChI is InChI=1S/C26H29N3O2/c1-28(26(21-8-4-2-5-9-21)22-10-6-3-7-11-22)20-25(30)27-23-12-14-24(15-13-23)29-16-18-31-19-17-29/h2-15,26H,16-20H2,1H3,(H,27,30)/p+1. The summed E-state index contributed by atoms with van der Waals surface area (Å²) in [7, 11) is 2.08. The van der Waals surface area contributed by atoms with Crippen LogP contribution in [0.1, 0.15) is 17.2 Å². The number of carbonyl (C=O) groups excluding carboxylic acids is 1. The van der Waals surface area contributed by atoms with Gasteiger partial charge in [0.15, 0.2) is 6.54 Å². The molecule has 1 aliphatic rings. The molecule has 0 radical (unpaired) electrons. The molecule has 4 rings (SSSR count). The van der Waals surface area contributed by atoms with E-state index >= 15 is 0 Å². The lowest BCUT2D eigenvalue weighted by atomic mass is 9.97. The van der Waals surface area contributed by atoms with E-state index in [0.29, 0.717) is 6.54 Å². The lowest BCUT2D eigenvalue weighted by Crippen LogP contribution is -3.10. The first-order chi connectivity index (χ1) is 15.2. The van der Waals surface area contributed by atoms with Gasteiger partial charge in [-0.15, -0.1) is 0 Å². The average Bonchev–Trinajstić information content (AvgIpc) is 2.82. The molecule has 1 fully saturated rings. The first kappa shape index (κ1) is 21.1. The third-order valence-corrected chi connectivity index (χ3v) is 5.73. The van der Waals surface area contributed by atoms with E-state index in [-0.39, 0.29) is 11.9 Å². The summed E-state index contributed by atoms with van der Waals surface area (Å²) in [5.74, 6) is 0.00786. The number of ether oxygens (including phenoxy) is 1. The molecule has 0 bridgehead atoms. The van der Waals surface area contributed by atoms with Crippen LogP contribution in [0.15, 0.2) is 84.9 Å². The Bertz CT molecular complexity index is 915. The highest BCUT2D eigenvalue weighted by molar-refractivity contribution is 5.91. The van der Waals surface area contributed by atoms with Crippen molar-refractivity contribution in [3.05, 3.63) is 96.1 Å². The number of anilines is 2. The van der Waals surface area contributed by atoms with Crippen molar-refractivity contribution in [2.45, 2.75) is 6.04 Å². The highest BCUT2D eigenvalue weighted by atomic mass is 16.5. The molecule has 1 saturated heterocycles. The number of nitrogens with zero attached hydrogens (tertiary/aromatic N) is 1. The van der Waals surface area contributed by atoms with Crippen LogP contribution in [0.5, 0.6) is 0 Å². The smallest absolute Gasteiger partial charge is 0.279 e. The summed E-state index contributed by atoms with van der Waals surface area (Å²) in [6.45, 7) is 3.70. The van der Waals surface area contributed by atoms with Crippen LogP contribution < -0.4 is 15.1 Å². The van der Waals surface area contributed by atoms with Crippen LogP contribution in [0.4, 0.5) is 11.4 Å². The molecule has 5 nitrogen and oxygen atoms in total. The molecule has 0 aliphatic carbocycles. The molecule has 0 spiro atoms. The van der Waals surface area contributed by atoms with Crippen molar-refractivity contribution >= 4 is 17.3 Å². The van der Waals surface area contributed by atoms with Gasteiger partial charge >= 0.3 is 0 Å². The zero-order valence-corrected chi connectivity index (χ0v) is 18.0. The van der Waals surface area contributed by atoms with Crippen molar-refractivity contribution in [3.8, 4) is 0 Å². The van der Waals surface area contributed by atoms with Crippen LogP contribution in [-0.2, 0) is 9.53 Å². The lowest BCUT2D eigenvalue weighted by Gasteiger charge is -2.29. The van der Waals surface area contributed by atoms with Gasteiger partial charge in [-0.05, 0) is 24.3 Å². The SMILES string of the molecule is C[NH+](CC(=O)Nc1ccc(N2CCOCC2)cc1)C(c1ccccc1)c1ccccc1. The maximum absolute atomic E-state index is 12.8. The van der Waals surface area contributed by atoms with Gasteiger partial charge in [0.05, 0.1) is 20.3 Å². The Balaban J connectivity index is 1.41. The van der Waals surface area contributed by atoms with Crippen LogP contribution in [0.3, 0.4) is 0 Å². The quantitative estimate of drug-likeness (QED) is 0.623. The van der Waals surface area contributed by atoms with E-state index in [2.05, 4.69) is 77.9 Å². The number of amides is 1. The molecular weight excluding hydrogens is 386 g/mol. The third kappa shape index (κ3) is 5.51. The Labute approximate surface area is 184 Å². The van der Waals surface area contributed by atoms with Gasteiger partial charge in [-0.3, -0.25) is 4.79 Å². The minimum Gasteiger partial charge on any atom is -0.378 e. The molecule has 1 unspecified atom stereocenters. The summed E-state index contributed by atoms with van der Waals surface area (Å²) in [5.41, 5.74) is 4.39. The van der Waals surface area contributed by atoms with Crippen molar-refractivity contribution in [3.63, 3.8) is 0 Å². The summed E-state index contributed by atoms with van der Waals surface area (Å²) in [5, 5.41) is 3.06. The number of benzene rings is 3. The van der Waals surface area contributed by atoms with E-state index in [1.165, 1.54) is 11.1 Å². The Morgan fingerprint density at radius 2 is 1.45 bits per heavy atom. The van der Waals surface area contributed by atoms with Crippen molar-refractivity contribution in [2.75, 3.05) is 50.1 Å². The molecule has 160 valence electrons.